The number of benzene rings is 1. The summed E-state index contributed by atoms with van der Waals surface area (Å²) in [6.07, 6.45) is 0.669. The standard InChI is InChI=1S/C18H22N4O5.ClH/c19-7-9-27-8-6-16(24)20-13-3-1-2-11-12(13)10-22(18(11)26)14-4-5-15(23)21-17(14)25;/h1-3,14H,4-10,19H2,(H,20,24)(H,21,23,25);1H. The molecule has 4 N–H and O–H groups in total. The molecule has 0 spiro atoms. The molecule has 1 aromatic rings. The summed E-state index contributed by atoms with van der Waals surface area (Å²) < 4.78 is 5.20. The van der Waals surface area contributed by atoms with Crippen LogP contribution in [0.25, 0.3) is 0 Å². The molecule has 1 atom stereocenters. The summed E-state index contributed by atoms with van der Waals surface area (Å²) in [6, 6.07) is 4.39. The topological polar surface area (TPSA) is 131 Å². The predicted octanol–water partition coefficient (Wildman–Crippen LogP) is 0.173. The van der Waals surface area contributed by atoms with Crippen LogP contribution in [0.5, 0.6) is 0 Å². The van der Waals surface area contributed by atoms with Gasteiger partial charge in [-0.15, -0.1) is 12.4 Å². The molecule has 0 aliphatic carbocycles. The molecule has 2 heterocycles. The number of hydrogen-bond acceptors (Lipinski definition) is 6. The summed E-state index contributed by atoms with van der Waals surface area (Å²) in [4.78, 5) is 49.7. The van der Waals surface area contributed by atoms with Gasteiger partial charge >= 0.3 is 0 Å². The van der Waals surface area contributed by atoms with Crippen molar-refractivity contribution < 1.29 is 23.9 Å². The smallest absolute Gasteiger partial charge is 0.255 e. The van der Waals surface area contributed by atoms with Gasteiger partial charge in [-0.05, 0) is 18.6 Å². The predicted molar refractivity (Wildman–Crippen MR) is 103 cm³/mol. The zero-order valence-corrected chi connectivity index (χ0v) is 16.0. The zero-order chi connectivity index (χ0) is 19.4. The first kappa shape index (κ1) is 21.8. The highest BCUT2D eigenvalue weighted by Gasteiger charge is 2.39. The number of fused-ring (bicyclic) bond motifs is 1. The van der Waals surface area contributed by atoms with E-state index in [1.165, 1.54) is 4.90 Å². The maximum atomic E-state index is 12.7. The van der Waals surface area contributed by atoms with Crippen LogP contribution in [-0.4, -0.2) is 54.3 Å². The number of hydrogen-bond donors (Lipinski definition) is 3. The lowest BCUT2D eigenvalue weighted by atomic mass is 10.0. The quantitative estimate of drug-likeness (QED) is 0.434. The van der Waals surface area contributed by atoms with Gasteiger partial charge in [-0.25, -0.2) is 0 Å². The highest BCUT2D eigenvalue weighted by atomic mass is 35.5. The number of anilines is 1. The summed E-state index contributed by atoms with van der Waals surface area (Å²) in [7, 11) is 0. The zero-order valence-electron chi connectivity index (χ0n) is 15.2. The van der Waals surface area contributed by atoms with Crippen LogP contribution >= 0.6 is 12.4 Å². The Hall–Kier alpha value is -2.49. The second-order valence-electron chi connectivity index (χ2n) is 6.43. The van der Waals surface area contributed by atoms with Crippen molar-refractivity contribution in [2.24, 2.45) is 5.73 Å². The van der Waals surface area contributed by atoms with Gasteiger partial charge in [-0.3, -0.25) is 24.5 Å². The molecule has 3 rings (SSSR count). The lowest BCUT2D eigenvalue weighted by Gasteiger charge is -2.29. The van der Waals surface area contributed by atoms with Crippen LogP contribution in [0.1, 0.15) is 35.2 Å². The van der Waals surface area contributed by atoms with Crippen LogP contribution in [0.4, 0.5) is 5.69 Å². The van der Waals surface area contributed by atoms with E-state index < -0.39 is 11.9 Å². The van der Waals surface area contributed by atoms with Gasteiger partial charge in [0.25, 0.3) is 5.91 Å². The van der Waals surface area contributed by atoms with Crippen molar-refractivity contribution in [3.05, 3.63) is 29.3 Å². The fraction of sp³-hybridized carbons (Fsp3) is 0.444. The molecule has 1 saturated heterocycles. The lowest BCUT2D eigenvalue weighted by molar-refractivity contribution is -0.137. The first-order chi connectivity index (χ1) is 13.0. The normalized spacial score (nSPS) is 18.4. The molecule has 2 aliphatic heterocycles. The summed E-state index contributed by atoms with van der Waals surface area (Å²) in [5.41, 5.74) is 6.99. The Kier molecular flexibility index (Phi) is 7.50. The van der Waals surface area contributed by atoms with Gasteiger partial charge in [0.15, 0.2) is 0 Å². The van der Waals surface area contributed by atoms with E-state index in [1.54, 1.807) is 18.2 Å². The van der Waals surface area contributed by atoms with Crippen LogP contribution in [0, 0.1) is 0 Å². The Balaban J connectivity index is 0.00000280. The third-order valence-corrected chi connectivity index (χ3v) is 4.59. The van der Waals surface area contributed by atoms with Gasteiger partial charge in [0.1, 0.15) is 6.04 Å². The molecule has 9 nitrogen and oxygen atoms in total. The minimum absolute atomic E-state index is 0. The second-order valence-corrected chi connectivity index (χ2v) is 6.43. The van der Waals surface area contributed by atoms with Crippen molar-refractivity contribution >= 4 is 41.7 Å². The molecule has 0 bridgehead atoms. The van der Waals surface area contributed by atoms with E-state index in [1.807, 2.05) is 0 Å². The minimum atomic E-state index is -0.684. The molecule has 0 saturated carbocycles. The fourth-order valence-corrected chi connectivity index (χ4v) is 3.27. The monoisotopic (exact) mass is 410 g/mol. The number of carbonyl (C=O) groups is 4. The second kappa shape index (κ2) is 9.63. The van der Waals surface area contributed by atoms with E-state index in [0.29, 0.717) is 36.4 Å². The number of carbonyl (C=O) groups excluding carboxylic acids is 4. The van der Waals surface area contributed by atoms with Crippen molar-refractivity contribution in [1.29, 1.82) is 0 Å². The summed E-state index contributed by atoms with van der Waals surface area (Å²) in [5.74, 6) is -1.30. The average Bonchev–Trinajstić information content (AvgIpc) is 2.97. The number of rotatable bonds is 7. The maximum absolute atomic E-state index is 12.7. The molecule has 152 valence electrons. The molecule has 10 heteroatoms. The molecule has 1 fully saturated rings. The van der Waals surface area contributed by atoms with Crippen LogP contribution in [0.2, 0.25) is 0 Å². The van der Waals surface area contributed by atoms with Gasteiger partial charge < -0.3 is 20.7 Å². The summed E-state index contributed by atoms with van der Waals surface area (Å²) in [5, 5.41) is 5.07. The Morgan fingerprint density at radius 2 is 2.07 bits per heavy atom. The molecular weight excluding hydrogens is 388 g/mol. The van der Waals surface area contributed by atoms with E-state index >= 15 is 0 Å². The average molecular weight is 411 g/mol. The Bertz CT molecular complexity index is 785. The highest BCUT2D eigenvalue weighted by molar-refractivity contribution is 6.06. The number of nitrogens with one attached hydrogen (secondary N) is 2. The van der Waals surface area contributed by atoms with Gasteiger partial charge in [0.05, 0.1) is 19.6 Å². The van der Waals surface area contributed by atoms with E-state index in [4.69, 9.17) is 10.5 Å². The summed E-state index contributed by atoms with van der Waals surface area (Å²) in [6.45, 7) is 1.26. The minimum Gasteiger partial charge on any atom is -0.380 e. The highest BCUT2D eigenvalue weighted by Crippen LogP contribution is 2.32. The van der Waals surface area contributed by atoms with Gasteiger partial charge in [-0.2, -0.15) is 0 Å². The molecular formula is C18H23ClN4O5. The number of halogens is 1. The van der Waals surface area contributed by atoms with Gasteiger partial charge in [0, 0.05) is 36.3 Å². The SMILES string of the molecule is Cl.NCCOCCC(=O)Nc1cccc2c1CN(C1CCC(=O)NC1=O)C2=O. The molecule has 0 radical (unpaired) electrons. The maximum Gasteiger partial charge on any atom is 0.255 e. The van der Waals surface area contributed by atoms with E-state index in [9.17, 15) is 19.2 Å². The number of ether oxygens (including phenoxy) is 1. The number of piperidine rings is 1. The Morgan fingerprint density at radius 1 is 1.29 bits per heavy atom. The first-order valence-corrected chi connectivity index (χ1v) is 8.85. The van der Waals surface area contributed by atoms with Crippen molar-refractivity contribution in [3.8, 4) is 0 Å². The largest absolute Gasteiger partial charge is 0.380 e. The molecule has 1 aromatic carbocycles. The number of imide groups is 1. The Morgan fingerprint density at radius 3 is 2.79 bits per heavy atom. The molecule has 1 unspecified atom stereocenters. The molecule has 28 heavy (non-hydrogen) atoms. The van der Waals surface area contributed by atoms with Crippen LogP contribution in [0.15, 0.2) is 18.2 Å². The molecule has 2 aliphatic rings. The number of amides is 4. The van der Waals surface area contributed by atoms with Crippen LogP contribution < -0.4 is 16.4 Å². The fourth-order valence-electron chi connectivity index (χ4n) is 3.27. The van der Waals surface area contributed by atoms with E-state index in [0.717, 1.165) is 0 Å². The van der Waals surface area contributed by atoms with Crippen molar-refractivity contribution in [3.63, 3.8) is 0 Å². The lowest BCUT2D eigenvalue weighted by Crippen LogP contribution is -2.52. The van der Waals surface area contributed by atoms with Crippen LogP contribution in [-0.2, 0) is 25.7 Å². The van der Waals surface area contributed by atoms with Crippen LogP contribution in [0.3, 0.4) is 0 Å². The number of nitrogens with zero attached hydrogens (tertiary/aromatic N) is 1. The third-order valence-electron chi connectivity index (χ3n) is 4.59. The molecule has 0 aromatic heterocycles. The van der Waals surface area contributed by atoms with Gasteiger partial charge in [0.2, 0.25) is 17.7 Å². The van der Waals surface area contributed by atoms with Crippen molar-refractivity contribution in [1.82, 2.24) is 10.2 Å². The molecule has 4 amide bonds. The van der Waals surface area contributed by atoms with E-state index in [2.05, 4.69) is 10.6 Å². The Labute approximate surface area is 168 Å². The first-order valence-electron chi connectivity index (χ1n) is 8.85. The van der Waals surface area contributed by atoms with Gasteiger partial charge in [-0.1, -0.05) is 6.07 Å². The van der Waals surface area contributed by atoms with Crippen molar-refractivity contribution in [2.75, 3.05) is 25.1 Å². The summed E-state index contributed by atoms with van der Waals surface area (Å²) >= 11 is 0. The van der Waals surface area contributed by atoms with E-state index in [-0.39, 0.29) is 56.1 Å². The number of nitrogens with two attached hydrogens (primary N) is 1. The van der Waals surface area contributed by atoms with Crippen molar-refractivity contribution in [2.45, 2.75) is 31.8 Å². The third kappa shape index (κ3) is 4.67.